The average molecular weight is 198 g/mol. The van der Waals surface area contributed by atoms with Gasteiger partial charge in [-0.05, 0) is 18.9 Å². The smallest absolute Gasteiger partial charge is 0.0157 e. The molecule has 15 heavy (non-hydrogen) atoms. The van der Waals surface area contributed by atoms with Crippen molar-refractivity contribution in [2.24, 2.45) is 0 Å². The Morgan fingerprint density at radius 1 is 0.867 bits per heavy atom. The van der Waals surface area contributed by atoms with Crippen LogP contribution in [-0.2, 0) is 0 Å². The van der Waals surface area contributed by atoms with Gasteiger partial charge in [-0.15, -0.1) is 6.42 Å². The van der Waals surface area contributed by atoms with Gasteiger partial charge in [-0.1, -0.05) is 67.5 Å². The maximum atomic E-state index is 5.06. The summed E-state index contributed by atoms with van der Waals surface area (Å²) in [5, 5.41) is 0. The molecule has 0 heterocycles. The summed E-state index contributed by atoms with van der Waals surface area (Å²) in [5.41, 5.74) is 0. The number of rotatable bonds is 6. The topological polar surface area (TPSA) is 0 Å². The van der Waals surface area contributed by atoms with Crippen molar-refractivity contribution in [2.45, 2.75) is 19.8 Å². The highest BCUT2D eigenvalue weighted by Crippen LogP contribution is 1.88. The first-order valence-electron chi connectivity index (χ1n) is 5.18. The summed E-state index contributed by atoms with van der Waals surface area (Å²) in [7, 11) is 0. The van der Waals surface area contributed by atoms with Crippen LogP contribution in [0.25, 0.3) is 0 Å². The monoisotopic (exact) mass is 198 g/mol. The first-order valence-corrected chi connectivity index (χ1v) is 5.18. The Balaban J connectivity index is 3.62. The number of hydrogen-bond acceptors (Lipinski definition) is 0. The quantitative estimate of drug-likeness (QED) is 0.443. The van der Waals surface area contributed by atoms with Gasteiger partial charge in [0.05, 0.1) is 0 Å². The summed E-state index contributed by atoms with van der Waals surface area (Å²) in [6.07, 6.45) is 26.9. The molecule has 0 bridgehead atoms. The molecular weight excluding hydrogens is 180 g/mol. The fourth-order valence-electron chi connectivity index (χ4n) is 0.843. The lowest BCUT2D eigenvalue weighted by Crippen LogP contribution is -1.57. The van der Waals surface area contributed by atoms with Crippen LogP contribution in [0.5, 0.6) is 0 Å². The lowest BCUT2D eigenvalue weighted by molar-refractivity contribution is 1.22. The lowest BCUT2D eigenvalue weighted by atomic mass is 10.3. The van der Waals surface area contributed by atoms with E-state index in [0.717, 1.165) is 12.8 Å². The first-order chi connectivity index (χ1) is 7.41. The summed E-state index contributed by atoms with van der Waals surface area (Å²) in [5.74, 6) is 2.45. The molecule has 0 saturated heterocycles. The minimum absolute atomic E-state index is 0.883. The van der Waals surface area contributed by atoms with Crippen LogP contribution in [0.3, 0.4) is 0 Å². The molecule has 0 spiro atoms. The zero-order chi connectivity index (χ0) is 11.2. The summed E-state index contributed by atoms with van der Waals surface area (Å²) in [4.78, 5) is 0. The molecule has 0 fully saturated rings. The standard InChI is InChI=1S/C15H18/c1-3-5-7-9-11-13-15-14-12-10-8-6-4-2/h1,5-8,10-15H,4,9H2,2H3/b7-5+,8-6+,12-10+,13-11+,15-14+. The van der Waals surface area contributed by atoms with Gasteiger partial charge >= 0.3 is 0 Å². The van der Waals surface area contributed by atoms with Crippen molar-refractivity contribution in [3.8, 4) is 12.3 Å². The maximum absolute atomic E-state index is 5.06. The Hall–Kier alpha value is -1.74. The van der Waals surface area contributed by atoms with Crippen molar-refractivity contribution < 1.29 is 0 Å². The second-order valence-electron chi connectivity index (χ2n) is 2.84. The molecule has 0 aliphatic carbocycles. The van der Waals surface area contributed by atoms with Crippen LogP contribution in [0, 0.1) is 12.3 Å². The van der Waals surface area contributed by atoms with Gasteiger partial charge in [0.15, 0.2) is 0 Å². The molecule has 78 valence electrons. The lowest BCUT2D eigenvalue weighted by Gasteiger charge is -1.77. The van der Waals surface area contributed by atoms with Crippen LogP contribution < -0.4 is 0 Å². The van der Waals surface area contributed by atoms with Gasteiger partial charge in [0.1, 0.15) is 0 Å². The van der Waals surface area contributed by atoms with E-state index in [1.54, 1.807) is 6.08 Å². The predicted molar refractivity (Wildman–Crippen MR) is 69.4 cm³/mol. The molecule has 0 rings (SSSR count). The molecule has 0 aliphatic heterocycles. The summed E-state index contributed by atoms with van der Waals surface area (Å²) in [6.45, 7) is 2.12. The maximum Gasteiger partial charge on any atom is -0.0157 e. The van der Waals surface area contributed by atoms with Gasteiger partial charge < -0.3 is 0 Å². The average Bonchev–Trinajstić information content (AvgIpc) is 2.26. The summed E-state index contributed by atoms with van der Waals surface area (Å²) < 4.78 is 0. The molecule has 0 N–H and O–H groups in total. The van der Waals surface area contributed by atoms with E-state index in [-0.39, 0.29) is 0 Å². The molecule has 0 amide bonds. The molecule has 0 heteroatoms. The van der Waals surface area contributed by atoms with Crippen molar-refractivity contribution >= 4 is 0 Å². The first kappa shape index (κ1) is 13.3. The highest BCUT2D eigenvalue weighted by Gasteiger charge is 1.67. The van der Waals surface area contributed by atoms with Crippen LogP contribution in [0.2, 0.25) is 0 Å². The molecule has 0 saturated carbocycles. The van der Waals surface area contributed by atoms with Gasteiger partial charge in [0, 0.05) is 0 Å². The van der Waals surface area contributed by atoms with E-state index in [0.29, 0.717) is 0 Å². The molecule has 0 radical (unpaired) electrons. The minimum atomic E-state index is 0.883. The SMILES string of the molecule is C#C/C=C/C/C=C/C=C/C=C/C=C/CC. The Morgan fingerprint density at radius 2 is 1.47 bits per heavy atom. The third kappa shape index (κ3) is 12.3. The summed E-state index contributed by atoms with van der Waals surface area (Å²) >= 11 is 0. The fourth-order valence-corrected chi connectivity index (χ4v) is 0.843. The van der Waals surface area contributed by atoms with E-state index in [1.807, 2.05) is 42.5 Å². The van der Waals surface area contributed by atoms with Crippen molar-refractivity contribution in [3.05, 3.63) is 60.8 Å². The zero-order valence-electron chi connectivity index (χ0n) is 9.27. The van der Waals surface area contributed by atoms with Crippen molar-refractivity contribution in [3.63, 3.8) is 0 Å². The third-order valence-corrected chi connectivity index (χ3v) is 1.55. The van der Waals surface area contributed by atoms with E-state index in [9.17, 15) is 0 Å². The Morgan fingerprint density at radius 3 is 2.07 bits per heavy atom. The summed E-state index contributed by atoms with van der Waals surface area (Å²) in [6, 6.07) is 0. The van der Waals surface area contributed by atoms with E-state index in [4.69, 9.17) is 6.42 Å². The molecular formula is C15H18. The Kier molecular flexibility index (Phi) is 10.8. The van der Waals surface area contributed by atoms with E-state index >= 15 is 0 Å². The normalized spacial score (nSPS) is 12.8. The molecule has 0 nitrogen and oxygen atoms in total. The molecule has 0 aromatic rings. The molecule has 0 aliphatic rings. The molecule has 0 aromatic carbocycles. The van der Waals surface area contributed by atoms with Crippen LogP contribution in [0.1, 0.15) is 19.8 Å². The third-order valence-electron chi connectivity index (χ3n) is 1.55. The van der Waals surface area contributed by atoms with Crippen molar-refractivity contribution in [1.82, 2.24) is 0 Å². The van der Waals surface area contributed by atoms with Crippen LogP contribution in [-0.4, -0.2) is 0 Å². The number of terminal acetylenes is 1. The Labute approximate surface area is 93.4 Å². The van der Waals surface area contributed by atoms with Gasteiger partial charge in [-0.2, -0.15) is 0 Å². The van der Waals surface area contributed by atoms with Crippen LogP contribution in [0.4, 0.5) is 0 Å². The van der Waals surface area contributed by atoms with Crippen molar-refractivity contribution in [2.75, 3.05) is 0 Å². The van der Waals surface area contributed by atoms with Crippen molar-refractivity contribution in [1.29, 1.82) is 0 Å². The predicted octanol–water partition coefficient (Wildman–Crippen LogP) is 4.20. The Bertz CT molecular complexity index is 303. The minimum Gasteiger partial charge on any atom is -0.115 e. The van der Waals surface area contributed by atoms with Crippen LogP contribution >= 0.6 is 0 Å². The number of allylic oxidation sites excluding steroid dienone is 10. The molecule has 0 unspecified atom stereocenters. The largest absolute Gasteiger partial charge is 0.115 e. The second kappa shape index (κ2) is 12.3. The van der Waals surface area contributed by atoms with Gasteiger partial charge in [0.2, 0.25) is 0 Å². The van der Waals surface area contributed by atoms with E-state index in [1.165, 1.54) is 0 Å². The van der Waals surface area contributed by atoms with Crippen LogP contribution in [0.15, 0.2) is 60.8 Å². The molecule has 0 aromatic heterocycles. The fraction of sp³-hybridized carbons (Fsp3) is 0.200. The van der Waals surface area contributed by atoms with E-state index < -0.39 is 0 Å². The van der Waals surface area contributed by atoms with Gasteiger partial charge in [-0.25, -0.2) is 0 Å². The molecule has 0 atom stereocenters. The zero-order valence-corrected chi connectivity index (χ0v) is 9.27. The highest BCUT2D eigenvalue weighted by atomic mass is 13.7. The highest BCUT2D eigenvalue weighted by molar-refractivity contribution is 5.16. The van der Waals surface area contributed by atoms with Gasteiger partial charge in [-0.3, -0.25) is 0 Å². The van der Waals surface area contributed by atoms with Gasteiger partial charge in [0.25, 0.3) is 0 Å². The second-order valence-corrected chi connectivity index (χ2v) is 2.84. The number of hydrogen-bond donors (Lipinski definition) is 0. The van der Waals surface area contributed by atoms with E-state index in [2.05, 4.69) is 25.0 Å².